The Morgan fingerprint density at radius 3 is 2.90 bits per heavy atom. The first-order valence-corrected chi connectivity index (χ1v) is 6.03. The van der Waals surface area contributed by atoms with Gasteiger partial charge in [0.15, 0.2) is 0 Å². The van der Waals surface area contributed by atoms with Crippen LogP contribution in [0.25, 0.3) is 0 Å². The van der Waals surface area contributed by atoms with Crippen molar-refractivity contribution >= 4 is 17.3 Å². The predicted molar refractivity (Wildman–Crippen MR) is 74.2 cm³/mol. The van der Waals surface area contributed by atoms with Crippen molar-refractivity contribution in [2.75, 3.05) is 17.6 Å². The Bertz CT molecular complexity index is 617. The normalized spacial score (nSPS) is 10.2. The Balaban J connectivity index is 2.06. The Morgan fingerprint density at radius 2 is 2.25 bits per heavy atom. The lowest BCUT2D eigenvalue weighted by atomic mass is 10.1. The standard InChI is InChI=1S/C14H14FN3O2/c15-11-7-12(16)10(14(19)20)6-13(11)18-5-3-9-2-1-4-17-8-9/h1-2,4,6-8,18H,3,5,16H2,(H,19,20). The molecule has 1 heterocycles. The molecule has 1 aromatic carbocycles. The van der Waals surface area contributed by atoms with E-state index in [0.717, 1.165) is 11.6 Å². The number of rotatable bonds is 5. The summed E-state index contributed by atoms with van der Waals surface area (Å²) in [6.45, 7) is 0.464. The van der Waals surface area contributed by atoms with Crippen molar-refractivity contribution in [3.63, 3.8) is 0 Å². The summed E-state index contributed by atoms with van der Waals surface area (Å²) in [6.07, 6.45) is 4.06. The van der Waals surface area contributed by atoms with Crippen molar-refractivity contribution in [1.29, 1.82) is 0 Å². The predicted octanol–water partition coefficient (Wildman–Crippen LogP) is 2.16. The Hall–Kier alpha value is -2.63. The van der Waals surface area contributed by atoms with Gasteiger partial charge in [-0.3, -0.25) is 4.98 Å². The lowest BCUT2D eigenvalue weighted by molar-refractivity contribution is 0.0698. The third-order valence-corrected chi connectivity index (χ3v) is 2.82. The number of aromatic nitrogens is 1. The van der Waals surface area contributed by atoms with E-state index in [1.165, 1.54) is 6.07 Å². The van der Waals surface area contributed by atoms with E-state index in [9.17, 15) is 9.18 Å². The third-order valence-electron chi connectivity index (χ3n) is 2.82. The van der Waals surface area contributed by atoms with Crippen LogP contribution in [0.5, 0.6) is 0 Å². The number of nitrogens with two attached hydrogens (primary N) is 1. The van der Waals surface area contributed by atoms with Gasteiger partial charge >= 0.3 is 5.97 Å². The minimum atomic E-state index is -1.18. The minimum absolute atomic E-state index is 0.0900. The molecule has 6 heteroatoms. The number of nitrogen functional groups attached to an aromatic ring is 1. The molecule has 0 amide bonds. The fraction of sp³-hybridized carbons (Fsp3) is 0.143. The van der Waals surface area contributed by atoms with Crippen molar-refractivity contribution in [1.82, 2.24) is 4.98 Å². The molecule has 2 rings (SSSR count). The lowest BCUT2D eigenvalue weighted by Crippen LogP contribution is -2.10. The average molecular weight is 275 g/mol. The maximum Gasteiger partial charge on any atom is 0.337 e. The van der Waals surface area contributed by atoms with Crippen LogP contribution >= 0.6 is 0 Å². The summed E-state index contributed by atoms with van der Waals surface area (Å²) < 4.78 is 13.7. The molecule has 0 radical (unpaired) electrons. The second-order valence-electron chi connectivity index (χ2n) is 4.26. The molecular formula is C14H14FN3O2. The van der Waals surface area contributed by atoms with Gasteiger partial charge in [-0.1, -0.05) is 6.07 Å². The highest BCUT2D eigenvalue weighted by molar-refractivity contribution is 5.94. The zero-order valence-corrected chi connectivity index (χ0v) is 10.6. The molecule has 0 aliphatic heterocycles. The first-order chi connectivity index (χ1) is 9.58. The molecule has 0 spiro atoms. The molecule has 104 valence electrons. The average Bonchev–Trinajstić information content (AvgIpc) is 2.42. The molecule has 0 saturated heterocycles. The number of hydrogen-bond donors (Lipinski definition) is 3. The highest BCUT2D eigenvalue weighted by Gasteiger charge is 2.12. The van der Waals surface area contributed by atoms with Crippen LogP contribution in [-0.4, -0.2) is 22.6 Å². The minimum Gasteiger partial charge on any atom is -0.478 e. The van der Waals surface area contributed by atoms with Crippen molar-refractivity contribution in [3.8, 4) is 0 Å². The fourth-order valence-corrected chi connectivity index (χ4v) is 1.80. The maximum atomic E-state index is 13.7. The third kappa shape index (κ3) is 3.23. The molecule has 0 unspecified atom stereocenters. The Labute approximate surface area is 115 Å². The number of carbonyl (C=O) groups is 1. The summed E-state index contributed by atoms with van der Waals surface area (Å²) >= 11 is 0. The van der Waals surface area contributed by atoms with Gasteiger partial charge in [0.25, 0.3) is 0 Å². The van der Waals surface area contributed by atoms with E-state index >= 15 is 0 Å². The summed E-state index contributed by atoms with van der Waals surface area (Å²) in [5, 5.41) is 11.8. The van der Waals surface area contributed by atoms with E-state index in [1.807, 2.05) is 12.1 Å². The molecule has 0 saturated carbocycles. The number of nitrogens with zero attached hydrogens (tertiary/aromatic N) is 1. The van der Waals surface area contributed by atoms with E-state index in [2.05, 4.69) is 10.3 Å². The van der Waals surface area contributed by atoms with Gasteiger partial charge in [-0.15, -0.1) is 0 Å². The molecule has 0 atom stereocenters. The van der Waals surface area contributed by atoms with Gasteiger partial charge in [0.05, 0.1) is 11.3 Å². The quantitative estimate of drug-likeness (QED) is 0.728. The monoisotopic (exact) mass is 275 g/mol. The first kappa shape index (κ1) is 13.8. The molecule has 1 aromatic heterocycles. The van der Waals surface area contributed by atoms with Crippen molar-refractivity contribution in [2.24, 2.45) is 0 Å². The van der Waals surface area contributed by atoms with Gasteiger partial charge in [-0.05, 0) is 30.2 Å². The second-order valence-corrected chi connectivity index (χ2v) is 4.26. The molecule has 20 heavy (non-hydrogen) atoms. The van der Waals surface area contributed by atoms with E-state index in [0.29, 0.717) is 13.0 Å². The van der Waals surface area contributed by atoms with Crippen LogP contribution in [-0.2, 0) is 6.42 Å². The molecule has 5 nitrogen and oxygen atoms in total. The summed E-state index contributed by atoms with van der Waals surface area (Å²) in [6, 6.07) is 5.95. The van der Waals surface area contributed by atoms with Crippen LogP contribution < -0.4 is 11.1 Å². The number of carboxylic acids is 1. The highest BCUT2D eigenvalue weighted by atomic mass is 19.1. The van der Waals surface area contributed by atoms with E-state index in [4.69, 9.17) is 10.8 Å². The fourth-order valence-electron chi connectivity index (χ4n) is 1.80. The Kier molecular flexibility index (Phi) is 4.14. The number of anilines is 2. The number of pyridine rings is 1. The zero-order chi connectivity index (χ0) is 14.5. The molecule has 0 fully saturated rings. The number of carboxylic acid groups (broad SMARTS) is 1. The molecule has 0 aliphatic rings. The Morgan fingerprint density at radius 1 is 1.45 bits per heavy atom. The SMILES string of the molecule is Nc1cc(F)c(NCCc2cccnc2)cc1C(=O)O. The zero-order valence-electron chi connectivity index (χ0n) is 10.6. The van der Waals surface area contributed by atoms with Crippen molar-refractivity contribution in [3.05, 3.63) is 53.6 Å². The maximum absolute atomic E-state index is 13.7. The van der Waals surface area contributed by atoms with Crippen LogP contribution in [0.2, 0.25) is 0 Å². The largest absolute Gasteiger partial charge is 0.478 e. The number of benzene rings is 1. The van der Waals surface area contributed by atoms with Crippen LogP contribution in [0.15, 0.2) is 36.7 Å². The summed E-state index contributed by atoms with van der Waals surface area (Å²) in [7, 11) is 0. The molecular weight excluding hydrogens is 261 g/mol. The molecule has 0 aliphatic carbocycles. The van der Waals surface area contributed by atoms with Crippen molar-refractivity contribution < 1.29 is 14.3 Å². The summed E-state index contributed by atoms with van der Waals surface area (Å²) in [5.74, 6) is -1.75. The molecule has 2 aromatic rings. The summed E-state index contributed by atoms with van der Waals surface area (Å²) in [4.78, 5) is 14.9. The highest BCUT2D eigenvalue weighted by Crippen LogP contribution is 2.22. The van der Waals surface area contributed by atoms with Crippen LogP contribution in [0, 0.1) is 5.82 Å². The van der Waals surface area contributed by atoms with E-state index in [-0.39, 0.29) is 16.9 Å². The van der Waals surface area contributed by atoms with Crippen LogP contribution in [0.1, 0.15) is 15.9 Å². The van der Waals surface area contributed by atoms with Crippen LogP contribution in [0.3, 0.4) is 0 Å². The van der Waals surface area contributed by atoms with Gasteiger partial charge in [0, 0.05) is 24.6 Å². The van der Waals surface area contributed by atoms with Gasteiger partial charge in [-0.25, -0.2) is 9.18 Å². The second kappa shape index (κ2) is 6.01. The van der Waals surface area contributed by atoms with Crippen LogP contribution in [0.4, 0.5) is 15.8 Å². The van der Waals surface area contributed by atoms with Gasteiger partial charge in [0.1, 0.15) is 5.82 Å². The topological polar surface area (TPSA) is 88.2 Å². The molecule has 0 bridgehead atoms. The van der Waals surface area contributed by atoms with Gasteiger partial charge < -0.3 is 16.2 Å². The smallest absolute Gasteiger partial charge is 0.337 e. The number of nitrogens with one attached hydrogen (secondary N) is 1. The number of hydrogen-bond acceptors (Lipinski definition) is 4. The van der Waals surface area contributed by atoms with E-state index in [1.54, 1.807) is 12.4 Å². The lowest BCUT2D eigenvalue weighted by Gasteiger charge is -2.10. The summed E-state index contributed by atoms with van der Waals surface area (Å²) in [5.41, 5.74) is 6.38. The van der Waals surface area contributed by atoms with Gasteiger partial charge in [0.2, 0.25) is 0 Å². The number of halogens is 1. The number of aromatic carboxylic acids is 1. The molecule has 4 N–H and O–H groups in total. The van der Waals surface area contributed by atoms with E-state index < -0.39 is 11.8 Å². The van der Waals surface area contributed by atoms with Gasteiger partial charge in [-0.2, -0.15) is 0 Å². The van der Waals surface area contributed by atoms with Crippen molar-refractivity contribution in [2.45, 2.75) is 6.42 Å². The first-order valence-electron chi connectivity index (χ1n) is 6.03.